The number of hydrogen-bond donors (Lipinski definition) is 0. The molecule has 0 fully saturated rings. The molecule has 1 atom stereocenters. The molecule has 0 aliphatic carbocycles. The number of benzene rings is 2. The van der Waals surface area contributed by atoms with E-state index in [0.717, 1.165) is 0 Å². The van der Waals surface area contributed by atoms with Crippen molar-refractivity contribution in [1.82, 2.24) is 0 Å². The van der Waals surface area contributed by atoms with Crippen LogP contribution in [0.3, 0.4) is 0 Å². The van der Waals surface area contributed by atoms with E-state index in [4.69, 9.17) is 0 Å². The highest BCUT2D eigenvalue weighted by molar-refractivity contribution is 6.91. The summed E-state index contributed by atoms with van der Waals surface area (Å²) in [6.45, 7) is 7.14. The van der Waals surface area contributed by atoms with E-state index in [9.17, 15) is 0 Å². The molecule has 0 radical (unpaired) electrons. The van der Waals surface area contributed by atoms with Gasteiger partial charge in [-0.2, -0.15) is 0 Å². The molecule has 0 N–H and O–H groups in total. The van der Waals surface area contributed by atoms with E-state index in [1.54, 1.807) is 5.19 Å². The van der Waals surface area contributed by atoms with Crippen LogP contribution in [0.4, 0.5) is 0 Å². The second kappa shape index (κ2) is 7.42. The standard InChI is InChI=1S/C20H26Si/c1-4-11-19(17-16-18-12-7-5-8-13-18)21(2,3)20-14-9-6-10-15-20/h4-15,19H,16-17H2,1-3H3/b11-4+. The normalized spacial score (nSPS) is 13.5. The first-order valence-corrected chi connectivity index (χ1v) is 10.9. The Morgan fingerprint density at radius 1 is 0.905 bits per heavy atom. The average molecular weight is 295 g/mol. The van der Waals surface area contributed by atoms with E-state index >= 15 is 0 Å². The van der Waals surface area contributed by atoms with Gasteiger partial charge in [-0.25, -0.2) is 0 Å². The minimum absolute atomic E-state index is 0.685. The number of hydrogen-bond acceptors (Lipinski definition) is 0. The van der Waals surface area contributed by atoms with E-state index in [-0.39, 0.29) is 0 Å². The smallest absolute Gasteiger partial charge is 0.0873 e. The third-order valence-corrected chi connectivity index (χ3v) is 8.61. The minimum Gasteiger partial charge on any atom is -0.0917 e. The topological polar surface area (TPSA) is 0 Å². The molecule has 1 unspecified atom stereocenters. The molecule has 110 valence electrons. The molecule has 0 aromatic heterocycles. The van der Waals surface area contributed by atoms with Gasteiger partial charge in [0.1, 0.15) is 0 Å². The zero-order chi connectivity index (χ0) is 15.1. The quantitative estimate of drug-likeness (QED) is 0.508. The molecule has 2 aromatic carbocycles. The van der Waals surface area contributed by atoms with Crippen LogP contribution >= 0.6 is 0 Å². The van der Waals surface area contributed by atoms with Crippen LogP contribution in [0.5, 0.6) is 0 Å². The summed E-state index contributed by atoms with van der Waals surface area (Å²) < 4.78 is 0. The Morgan fingerprint density at radius 2 is 1.48 bits per heavy atom. The lowest BCUT2D eigenvalue weighted by molar-refractivity contribution is 0.818. The third-order valence-electron chi connectivity index (χ3n) is 4.46. The van der Waals surface area contributed by atoms with E-state index in [0.29, 0.717) is 5.54 Å². The SMILES string of the molecule is C/C=C/C(CCc1ccccc1)[Si](C)(C)c1ccccc1. The summed E-state index contributed by atoms with van der Waals surface area (Å²) in [5.41, 5.74) is 2.13. The van der Waals surface area contributed by atoms with Crippen LogP contribution < -0.4 is 5.19 Å². The van der Waals surface area contributed by atoms with Crippen LogP contribution in [0.1, 0.15) is 18.9 Å². The number of allylic oxidation sites excluding steroid dienone is 2. The molecule has 2 rings (SSSR count). The maximum Gasteiger partial charge on any atom is 0.0873 e. The second-order valence-corrected chi connectivity index (χ2v) is 11.0. The third kappa shape index (κ3) is 4.18. The van der Waals surface area contributed by atoms with Crippen LogP contribution in [0.25, 0.3) is 0 Å². The molecule has 0 nitrogen and oxygen atoms in total. The van der Waals surface area contributed by atoms with E-state index in [1.165, 1.54) is 18.4 Å². The molecule has 0 aliphatic rings. The van der Waals surface area contributed by atoms with Gasteiger partial charge >= 0.3 is 0 Å². The molecule has 21 heavy (non-hydrogen) atoms. The van der Waals surface area contributed by atoms with Crippen molar-refractivity contribution in [1.29, 1.82) is 0 Å². The Balaban J connectivity index is 2.15. The van der Waals surface area contributed by atoms with Gasteiger partial charge in [0.2, 0.25) is 0 Å². The van der Waals surface area contributed by atoms with Gasteiger partial charge in [-0.3, -0.25) is 0 Å². The number of rotatable bonds is 6. The molecule has 0 heterocycles. The van der Waals surface area contributed by atoms with Gasteiger partial charge in [0.15, 0.2) is 0 Å². The van der Waals surface area contributed by atoms with Crippen molar-refractivity contribution in [3.8, 4) is 0 Å². The fraction of sp³-hybridized carbons (Fsp3) is 0.300. The molecule has 0 spiro atoms. The molecule has 0 saturated carbocycles. The summed E-state index contributed by atoms with van der Waals surface area (Å²) in [5.74, 6) is 0. The van der Waals surface area contributed by atoms with Crippen molar-refractivity contribution in [3.63, 3.8) is 0 Å². The van der Waals surface area contributed by atoms with Crippen LogP contribution in [-0.4, -0.2) is 8.07 Å². The van der Waals surface area contributed by atoms with E-state index in [1.807, 2.05) is 0 Å². The summed E-state index contributed by atoms with van der Waals surface area (Å²) in [6.07, 6.45) is 7.07. The zero-order valence-corrected chi connectivity index (χ0v) is 14.4. The first-order valence-electron chi connectivity index (χ1n) is 7.87. The zero-order valence-electron chi connectivity index (χ0n) is 13.4. The van der Waals surface area contributed by atoms with Crippen molar-refractivity contribution < 1.29 is 0 Å². The van der Waals surface area contributed by atoms with Crippen molar-refractivity contribution >= 4 is 13.3 Å². The van der Waals surface area contributed by atoms with Gasteiger partial charge in [-0.1, -0.05) is 91.1 Å². The van der Waals surface area contributed by atoms with Crippen LogP contribution in [0, 0.1) is 0 Å². The molecule has 0 aliphatic heterocycles. The summed E-state index contributed by atoms with van der Waals surface area (Å²) in [5, 5.41) is 1.56. The van der Waals surface area contributed by atoms with Gasteiger partial charge < -0.3 is 0 Å². The van der Waals surface area contributed by atoms with Crippen LogP contribution in [-0.2, 0) is 6.42 Å². The average Bonchev–Trinajstić information content (AvgIpc) is 2.53. The summed E-state index contributed by atoms with van der Waals surface area (Å²) in [6, 6.07) is 21.9. The summed E-state index contributed by atoms with van der Waals surface area (Å²) >= 11 is 0. The molecule has 0 saturated heterocycles. The lowest BCUT2D eigenvalue weighted by Crippen LogP contribution is -2.45. The largest absolute Gasteiger partial charge is 0.0917 e. The molecular weight excluding hydrogens is 268 g/mol. The lowest BCUT2D eigenvalue weighted by atomic mass is 10.1. The molecular formula is C20H26Si. The maximum atomic E-state index is 2.50. The molecule has 1 heteroatoms. The van der Waals surface area contributed by atoms with Gasteiger partial charge in [0.25, 0.3) is 0 Å². The van der Waals surface area contributed by atoms with Gasteiger partial charge in [0.05, 0.1) is 8.07 Å². The van der Waals surface area contributed by atoms with Crippen molar-refractivity contribution in [2.45, 2.75) is 38.4 Å². The summed E-state index contributed by atoms with van der Waals surface area (Å²) in [7, 11) is -1.47. The van der Waals surface area contributed by atoms with E-state index in [2.05, 4.69) is 92.8 Å². The van der Waals surface area contributed by atoms with Crippen LogP contribution in [0.15, 0.2) is 72.8 Å². The number of aryl methyl sites for hydroxylation is 1. The second-order valence-electron chi connectivity index (χ2n) is 6.24. The Morgan fingerprint density at radius 3 is 2.05 bits per heavy atom. The monoisotopic (exact) mass is 294 g/mol. The summed E-state index contributed by atoms with van der Waals surface area (Å²) in [4.78, 5) is 0. The Kier molecular flexibility index (Phi) is 5.57. The van der Waals surface area contributed by atoms with E-state index < -0.39 is 8.07 Å². The Labute approximate surface area is 130 Å². The Hall–Kier alpha value is -1.60. The first kappa shape index (κ1) is 15.8. The fourth-order valence-electron chi connectivity index (χ4n) is 2.98. The first-order chi connectivity index (χ1) is 10.1. The molecule has 0 amide bonds. The fourth-order valence-corrected chi connectivity index (χ4v) is 6.00. The highest BCUT2D eigenvalue weighted by Gasteiger charge is 2.31. The highest BCUT2D eigenvalue weighted by Crippen LogP contribution is 2.28. The maximum absolute atomic E-state index is 2.50. The van der Waals surface area contributed by atoms with Crippen molar-refractivity contribution in [2.24, 2.45) is 0 Å². The highest BCUT2D eigenvalue weighted by atomic mass is 28.3. The molecule has 0 bridgehead atoms. The predicted octanol–water partition coefficient (Wildman–Crippen LogP) is 5.18. The minimum atomic E-state index is -1.47. The van der Waals surface area contributed by atoms with Crippen molar-refractivity contribution in [3.05, 3.63) is 78.4 Å². The van der Waals surface area contributed by atoms with Gasteiger partial charge in [-0.15, -0.1) is 0 Å². The predicted molar refractivity (Wildman–Crippen MR) is 96.9 cm³/mol. The lowest BCUT2D eigenvalue weighted by Gasteiger charge is -2.31. The molecule has 2 aromatic rings. The Bertz CT molecular complexity index is 555. The van der Waals surface area contributed by atoms with Gasteiger partial charge in [0, 0.05) is 0 Å². The van der Waals surface area contributed by atoms with Gasteiger partial charge in [-0.05, 0) is 30.9 Å². The van der Waals surface area contributed by atoms with Crippen LogP contribution in [0.2, 0.25) is 18.6 Å². The van der Waals surface area contributed by atoms with Crippen molar-refractivity contribution in [2.75, 3.05) is 0 Å².